The van der Waals surface area contributed by atoms with E-state index in [2.05, 4.69) is 22.1 Å². The maximum Gasteiger partial charge on any atom is 0.226 e. The predicted octanol–water partition coefficient (Wildman–Crippen LogP) is 3.00. The van der Waals surface area contributed by atoms with E-state index in [0.29, 0.717) is 6.42 Å². The third-order valence-electron chi connectivity index (χ3n) is 4.29. The van der Waals surface area contributed by atoms with Gasteiger partial charge in [-0.2, -0.15) is 0 Å². The van der Waals surface area contributed by atoms with Crippen LogP contribution in [0, 0.1) is 0 Å². The number of pyridine rings is 1. The first-order valence-corrected chi connectivity index (χ1v) is 7.60. The SMILES string of the molecule is O=C(Cc1ccc(-c2ccnc3[nH]ccc23)cc1)N1CCC1. The van der Waals surface area contributed by atoms with E-state index < -0.39 is 0 Å². The standard InChI is InChI=1S/C18H17N3O/c22-17(21-10-1-11-21)12-13-2-4-14(5-3-13)15-6-8-19-18-16(15)7-9-20-18/h2-9H,1,10-12H2,(H,19,20). The summed E-state index contributed by atoms with van der Waals surface area (Å²) < 4.78 is 0. The number of H-pyrrole nitrogens is 1. The molecule has 4 nitrogen and oxygen atoms in total. The number of fused-ring (bicyclic) bond motifs is 1. The second-order valence-corrected chi connectivity index (χ2v) is 5.71. The molecule has 0 unspecified atom stereocenters. The summed E-state index contributed by atoms with van der Waals surface area (Å²) in [6.07, 6.45) is 5.35. The normalized spacial score (nSPS) is 14.1. The van der Waals surface area contributed by atoms with E-state index in [1.165, 1.54) is 0 Å². The lowest BCUT2D eigenvalue weighted by molar-refractivity contribution is -0.133. The van der Waals surface area contributed by atoms with E-state index in [9.17, 15) is 4.79 Å². The highest BCUT2D eigenvalue weighted by molar-refractivity contribution is 5.92. The largest absolute Gasteiger partial charge is 0.346 e. The summed E-state index contributed by atoms with van der Waals surface area (Å²) in [5, 5.41) is 1.12. The Hall–Kier alpha value is -2.62. The van der Waals surface area contributed by atoms with Gasteiger partial charge in [-0.15, -0.1) is 0 Å². The molecule has 0 saturated carbocycles. The summed E-state index contributed by atoms with van der Waals surface area (Å²) in [7, 11) is 0. The Kier molecular flexibility index (Phi) is 3.15. The van der Waals surface area contributed by atoms with Gasteiger partial charge in [0.2, 0.25) is 5.91 Å². The van der Waals surface area contributed by atoms with E-state index in [-0.39, 0.29) is 5.91 Å². The number of likely N-dealkylation sites (tertiary alicyclic amines) is 1. The Morgan fingerprint density at radius 3 is 2.68 bits per heavy atom. The quantitative estimate of drug-likeness (QED) is 0.806. The summed E-state index contributed by atoms with van der Waals surface area (Å²) in [4.78, 5) is 21.4. The summed E-state index contributed by atoms with van der Waals surface area (Å²) in [5.74, 6) is 0.232. The number of benzene rings is 1. The van der Waals surface area contributed by atoms with Crippen molar-refractivity contribution in [2.24, 2.45) is 0 Å². The molecule has 0 radical (unpaired) electrons. The van der Waals surface area contributed by atoms with Crippen LogP contribution in [0.2, 0.25) is 0 Å². The summed E-state index contributed by atoms with van der Waals surface area (Å²) in [5.41, 5.74) is 4.27. The minimum absolute atomic E-state index is 0.232. The number of aromatic nitrogens is 2. The lowest BCUT2D eigenvalue weighted by atomic mass is 10.0. The van der Waals surface area contributed by atoms with Crippen LogP contribution in [0.5, 0.6) is 0 Å². The van der Waals surface area contributed by atoms with Gasteiger partial charge in [0.15, 0.2) is 0 Å². The number of carbonyl (C=O) groups excluding carboxylic acids is 1. The molecule has 1 fully saturated rings. The number of nitrogens with zero attached hydrogens (tertiary/aromatic N) is 2. The molecule has 1 aliphatic heterocycles. The van der Waals surface area contributed by atoms with E-state index in [1.807, 2.05) is 41.6 Å². The van der Waals surface area contributed by atoms with Gasteiger partial charge in [0.25, 0.3) is 0 Å². The van der Waals surface area contributed by atoms with E-state index in [1.54, 1.807) is 0 Å². The Balaban J connectivity index is 1.59. The van der Waals surface area contributed by atoms with Crippen LogP contribution in [0.4, 0.5) is 0 Å². The van der Waals surface area contributed by atoms with Gasteiger partial charge in [0, 0.05) is 30.9 Å². The molecule has 1 aliphatic rings. The van der Waals surface area contributed by atoms with Crippen LogP contribution in [0.1, 0.15) is 12.0 Å². The number of hydrogen-bond donors (Lipinski definition) is 1. The zero-order valence-electron chi connectivity index (χ0n) is 12.2. The average Bonchev–Trinajstić information content (AvgIpc) is 2.94. The highest BCUT2D eigenvalue weighted by atomic mass is 16.2. The van der Waals surface area contributed by atoms with Crippen LogP contribution >= 0.6 is 0 Å². The van der Waals surface area contributed by atoms with Gasteiger partial charge in [-0.1, -0.05) is 24.3 Å². The monoisotopic (exact) mass is 291 g/mol. The first-order chi connectivity index (χ1) is 10.8. The summed E-state index contributed by atoms with van der Waals surface area (Å²) in [6.45, 7) is 1.83. The van der Waals surface area contributed by atoms with Crippen molar-refractivity contribution >= 4 is 16.9 Å². The number of aromatic amines is 1. The van der Waals surface area contributed by atoms with Crippen LogP contribution in [0.3, 0.4) is 0 Å². The lowest BCUT2D eigenvalue weighted by Crippen LogP contribution is -2.42. The Labute approximate surface area is 128 Å². The van der Waals surface area contributed by atoms with Crippen LogP contribution < -0.4 is 0 Å². The maximum absolute atomic E-state index is 12.0. The molecule has 2 aromatic heterocycles. The second kappa shape index (κ2) is 5.30. The smallest absolute Gasteiger partial charge is 0.226 e. The third-order valence-corrected chi connectivity index (χ3v) is 4.29. The molecule has 1 amide bonds. The second-order valence-electron chi connectivity index (χ2n) is 5.71. The van der Waals surface area contributed by atoms with Gasteiger partial charge < -0.3 is 9.88 Å². The van der Waals surface area contributed by atoms with Crippen molar-refractivity contribution < 1.29 is 4.79 Å². The minimum Gasteiger partial charge on any atom is -0.346 e. The Morgan fingerprint density at radius 2 is 1.95 bits per heavy atom. The van der Waals surface area contributed by atoms with Crippen molar-refractivity contribution in [3.8, 4) is 11.1 Å². The Morgan fingerprint density at radius 1 is 1.14 bits per heavy atom. The lowest BCUT2D eigenvalue weighted by Gasteiger charge is -2.30. The van der Waals surface area contributed by atoms with Crippen molar-refractivity contribution in [3.05, 3.63) is 54.4 Å². The molecule has 4 heteroatoms. The van der Waals surface area contributed by atoms with Gasteiger partial charge in [0.1, 0.15) is 5.65 Å². The van der Waals surface area contributed by atoms with Gasteiger partial charge in [-0.05, 0) is 35.2 Å². The van der Waals surface area contributed by atoms with Crippen LogP contribution in [0.15, 0.2) is 48.8 Å². The molecular weight excluding hydrogens is 274 g/mol. The fourth-order valence-corrected chi connectivity index (χ4v) is 2.87. The number of rotatable bonds is 3. The highest BCUT2D eigenvalue weighted by Gasteiger charge is 2.19. The van der Waals surface area contributed by atoms with E-state index >= 15 is 0 Å². The first-order valence-electron chi connectivity index (χ1n) is 7.60. The molecule has 1 saturated heterocycles. The fourth-order valence-electron chi connectivity index (χ4n) is 2.87. The number of amides is 1. The molecule has 0 atom stereocenters. The third kappa shape index (κ3) is 2.26. The summed E-state index contributed by atoms with van der Waals surface area (Å²) >= 11 is 0. The van der Waals surface area contributed by atoms with Gasteiger partial charge in [-0.3, -0.25) is 4.79 Å². The van der Waals surface area contributed by atoms with Gasteiger partial charge in [0.05, 0.1) is 6.42 Å². The number of nitrogens with one attached hydrogen (secondary N) is 1. The average molecular weight is 291 g/mol. The minimum atomic E-state index is 0.232. The van der Waals surface area contributed by atoms with E-state index in [0.717, 1.165) is 47.2 Å². The van der Waals surface area contributed by atoms with Crippen molar-refractivity contribution in [2.45, 2.75) is 12.8 Å². The molecule has 110 valence electrons. The highest BCUT2D eigenvalue weighted by Crippen LogP contribution is 2.27. The molecule has 0 spiro atoms. The van der Waals surface area contributed by atoms with Crippen molar-refractivity contribution in [1.82, 2.24) is 14.9 Å². The van der Waals surface area contributed by atoms with Crippen molar-refractivity contribution in [2.75, 3.05) is 13.1 Å². The zero-order chi connectivity index (χ0) is 14.9. The maximum atomic E-state index is 12.0. The molecule has 4 rings (SSSR count). The molecule has 22 heavy (non-hydrogen) atoms. The molecule has 1 N–H and O–H groups in total. The fraction of sp³-hybridized carbons (Fsp3) is 0.222. The predicted molar refractivity (Wildman–Crippen MR) is 86.4 cm³/mol. The molecule has 3 heterocycles. The molecule has 0 bridgehead atoms. The number of carbonyl (C=O) groups is 1. The number of hydrogen-bond acceptors (Lipinski definition) is 2. The molecule has 0 aliphatic carbocycles. The van der Waals surface area contributed by atoms with E-state index in [4.69, 9.17) is 0 Å². The van der Waals surface area contributed by atoms with Crippen molar-refractivity contribution in [1.29, 1.82) is 0 Å². The molecule has 3 aromatic rings. The van der Waals surface area contributed by atoms with Crippen molar-refractivity contribution in [3.63, 3.8) is 0 Å². The molecular formula is C18H17N3O. The van der Waals surface area contributed by atoms with Crippen LogP contribution in [0.25, 0.3) is 22.2 Å². The Bertz CT molecular complexity index is 816. The summed E-state index contributed by atoms with van der Waals surface area (Å²) in [6, 6.07) is 12.3. The topological polar surface area (TPSA) is 49.0 Å². The van der Waals surface area contributed by atoms with Gasteiger partial charge >= 0.3 is 0 Å². The zero-order valence-corrected chi connectivity index (χ0v) is 12.2. The van der Waals surface area contributed by atoms with Gasteiger partial charge in [-0.25, -0.2) is 4.98 Å². The van der Waals surface area contributed by atoms with Crippen LogP contribution in [-0.4, -0.2) is 33.9 Å². The van der Waals surface area contributed by atoms with Crippen LogP contribution in [-0.2, 0) is 11.2 Å². The molecule has 1 aromatic carbocycles. The first kappa shape index (κ1) is 13.1.